The van der Waals surface area contributed by atoms with Crippen LogP contribution in [-0.4, -0.2) is 38.1 Å². The van der Waals surface area contributed by atoms with Crippen LogP contribution in [0.5, 0.6) is 0 Å². The number of hydroxylamine groups is 1. The van der Waals surface area contributed by atoms with E-state index in [0.717, 1.165) is 5.56 Å². The van der Waals surface area contributed by atoms with Crippen LogP contribution in [0.2, 0.25) is 0 Å². The molecule has 0 amide bonds. The number of hydrogen-bond acceptors (Lipinski definition) is 10. The van der Waals surface area contributed by atoms with Gasteiger partial charge in [-0.1, -0.05) is 60.7 Å². The number of allylic oxidation sites excluding steroid dienone is 1. The minimum absolute atomic E-state index is 0.000895. The molecular weight excluding hydrogens is 533 g/mol. The second-order valence-corrected chi connectivity index (χ2v) is 10.9. The summed E-state index contributed by atoms with van der Waals surface area (Å²) >= 11 is 0. The molecule has 4 aromatic rings. The van der Waals surface area contributed by atoms with Crippen molar-refractivity contribution >= 4 is 36.4 Å². The van der Waals surface area contributed by atoms with E-state index in [2.05, 4.69) is 15.0 Å². The van der Waals surface area contributed by atoms with E-state index in [9.17, 15) is 9.36 Å². The molecule has 4 atom stereocenters. The van der Waals surface area contributed by atoms with Gasteiger partial charge in [-0.25, -0.2) is 34.9 Å². The van der Waals surface area contributed by atoms with Gasteiger partial charge in [0.15, 0.2) is 17.5 Å². The molecule has 1 aliphatic carbocycles. The van der Waals surface area contributed by atoms with E-state index in [0.29, 0.717) is 29.1 Å². The van der Waals surface area contributed by atoms with E-state index in [-0.39, 0.29) is 25.2 Å². The number of benzene rings is 2. The Labute approximate surface area is 231 Å². The lowest BCUT2D eigenvalue weighted by Gasteiger charge is -2.29. The van der Waals surface area contributed by atoms with Crippen molar-refractivity contribution < 1.29 is 23.2 Å². The topological polar surface area (TPSA) is 161 Å². The molecule has 0 bridgehead atoms. The summed E-state index contributed by atoms with van der Waals surface area (Å²) in [5.74, 6) is -0.656. The molecular formula is C27H30N7O5P. The van der Waals surface area contributed by atoms with Crippen LogP contribution in [0.3, 0.4) is 0 Å². The number of hydrogen-bond donors (Lipinski definition) is 2. The number of nitrogens with two attached hydrogens (primary N) is 2. The van der Waals surface area contributed by atoms with Crippen LogP contribution in [0.25, 0.3) is 11.2 Å². The summed E-state index contributed by atoms with van der Waals surface area (Å²) in [7, 11) is -4.21. The first-order chi connectivity index (χ1) is 19.3. The van der Waals surface area contributed by atoms with Crippen molar-refractivity contribution in [2.75, 3.05) is 17.4 Å². The quantitative estimate of drug-likeness (QED) is 0.153. The Kier molecular flexibility index (Phi) is 8.22. The molecule has 0 spiro atoms. The molecule has 5 rings (SSSR count). The molecule has 0 saturated heterocycles. The van der Waals surface area contributed by atoms with Crippen LogP contribution in [-0.2, 0) is 29.9 Å². The number of carbonyl (C=O) groups excluding carboxylic acids is 1. The van der Waals surface area contributed by atoms with Crippen molar-refractivity contribution in [2.24, 2.45) is 11.4 Å². The number of aromatic nitrogens is 4. The summed E-state index contributed by atoms with van der Waals surface area (Å²) in [6.45, 7) is 1.79. The Morgan fingerprint density at radius 3 is 2.58 bits per heavy atom. The van der Waals surface area contributed by atoms with E-state index < -0.39 is 19.8 Å². The molecule has 0 fully saturated rings. The number of nitrogen functional groups attached to an aromatic ring is 1. The number of fused-ring (bicyclic) bond motifs is 1. The van der Waals surface area contributed by atoms with E-state index >= 15 is 0 Å². The smallest absolute Gasteiger partial charge is 0.382 e. The molecule has 0 aliphatic heterocycles. The van der Waals surface area contributed by atoms with Gasteiger partial charge >= 0.3 is 13.7 Å². The van der Waals surface area contributed by atoms with Gasteiger partial charge in [-0.2, -0.15) is 0 Å². The third-order valence-corrected chi connectivity index (χ3v) is 7.44. The maximum atomic E-state index is 13.0. The normalized spacial score (nSPS) is 18.9. The highest BCUT2D eigenvalue weighted by molar-refractivity contribution is 7.51. The third-order valence-electron chi connectivity index (χ3n) is 6.50. The van der Waals surface area contributed by atoms with E-state index in [1.54, 1.807) is 25.4 Å². The third kappa shape index (κ3) is 6.37. The maximum Gasteiger partial charge on any atom is 0.458 e. The average molecular weight is 564 g/mol. The summed E-state index contributed by atoms with van der Waals surface area (Å²) in [6, 6.07) is 17.6. The molecule has 13 heteroatoms. The second-order valence-electron chi connectivity index (χ2n) is 9.37. The zero-order valence-corrected chi connectivity index (χ0v) is 22.7. The first kappa shape index (κ1) is 27.5. The average Bonchev–Trinajstić information content (AvgIpc) is 3.61. The van der Waals surface area contributed by atoms with Crippen molar-refractivity contribution in [3.63, 3.8) is 0 Å². The Morgan fingerprint density at radius 1 is 1.10 bits per heavy atom. The second kappa shape index (κ2) is 12.0. The molecule has 1 unspecified atom stereocenters. The van der Waals surface area contributed by atoms with Crippen LogP contribution in [0.15, 0.2) is 85.5 Å². The Balaban J connectivity index is 1.18. The number of carbonyl (C=O) groups is 1. The monoisotopic (exact) mass is 563 g/mol. The minimum atomic E-state index is -4.21. The zero-order valence-electron chi connectivity index (χ0n) is 21.8. The molecule has 1 aliphatic rings. The molecule has 2 heterocycles. The lowest BCUT2D eigenvalue weighted by Crippen LogP contribution is -2.40. The van der Waals surface area contributed by atoms with Gasteiger partial charge in [0.2, 0.25) is 0 Å². The molecule has 40 heavy (non-hydrogen) atoms. The Hall–Kier alpha value is -4.09. The standard InChI is InChI=1S/C27H30N7O5P/c1-19(34(22-10-6-3-7-11-22)37-15-20-8-4-2-5-9-20)27(35)39-40(29,36)38-16-21-12-13-23(14-21)33-18-32-24-25(28)30-17-31-26(24)33/h2-13,17-19,21,23H,14-16H2,1H3,(H2,29,36)(H2,28,30,31)/t19-,21-,23+,40?/m0/s1. The van der Waals surface area contributed by atoms with E-state index in [1.807, 2.05) is 65.3 Å². The van der Waals surface area contributed by atoms with Gasteiger partial charge in [0.1, 0.15) is 11.8 Å². The van der Waals surface area contributed by atoms with Crippen molar-refractivity contribution in [1.82, 2.24) is 19.5 Å². The van der Waals surface area contributed by atoms with Gasteiger partial charge < -0.3 is 14.8 Å². The summed E-state index contributed by atoms with van der Waals surface area (Å²) < 4.78 is 25.4. The lowest BCUT2D eigenvalue weighted by molar-refractivity contribution is -0.138. The predicted octanol–water partition coefficient (Wildman–Crippen LogP) is 4.18. The summed E-state index contributed by atoms with van der Waals surface area (Å²) in [4.78, 5) is 31.5. The highest BCUT2D eigenvalue weighted by atomic mass is 31.2. The Morgan fingerprint density at radius 2 is 1.82 bits per heavy atom. The highest BCUT2D eigenvalue weighted by Gasteiger charge is 2.33. The molecule has 208 valence electrons. The number of para-hydroxylation sites is 1. The summed E-state index contributed by atoms with van der Waals surface area (Å²) in [5.41, 5.74) is 14.4. The zero-order chi connectivity index (χ0) is 28.1. The fraction of sp³-hybridized carbons (Fsp3) is 0.259. The van der Waals surface area contributed by atoms with Crippen LogP contribution in [0, 0.1) is 5.92 Å². The fourth-order valence-corrected chi connectivity index (χ4v) is 5.28. The predicted molar refractivity (Wildman–Crippen MR) is 149 cm³/mol. The van der Waals surface area contributed by atoms with Crippen molar-refractivity contribution in [3.05, 3.63) is 91.0 Å². The molecule has 4 N–H and O–H groups in total. The van der Waals surface area contributed by atoms with E-state index in [4.69, 9.17) is 25.1 Å². The Bertz CT molecular complexity index is 1530. The first-order valence-electron chi connectivity index (χ1n) is 12.7. The minimum Gasteiger partial charge on any atom is -0.382 e. The molecule has 2 aromatic heterocycles. The summed E-state index contributed by atoms with van der Waals surface area (Å²) in [6.07, 6.45) is 7.57. The number of rotatable bonds is 11. The van der Waals surface area contributed by atoms with Crippen LogP contribution in [0.4, 0.5) is 11.5 Å². The van der Waals surface area contributed by atoms with Gasteiger partial charge in [-0.05, 0) is 31.0 Å². The SMILES string of the molecule is C[C@@H](C(=O)OP(N)(=O)OC[C@H]1C=C[C@@H](n2cnc3c(N)ncnc32)C1)N(OCc1ccccc1)c1ccccc1. The van der Waals surface area contributed by atoms with Gasteiger partial charge in [-0.15, -0.1) is 0 Å². The largest absolute Gasteiger partial charge is 0.458 e. The number of anilines is 2. The van der Waals surface area contributed by atoms with Crippen LogP contribution in [0.1, 0.15) is 24.9 Å². The molecule has 0 saturated carbocycles. The summed E-state index contributed by atoms with van der Waals surface area (Å²) in [5, 5.41) is 1.41. The van der Waals surface area contributed by atoms with Gasteiger partial charge in [0, 0.05) is 5.92 Å². The molecule has 2 aromatic carbocycles. The van der Waals surface area contributed by atoms with Gasteiger partial charge in [-0.3, -0.25) is 9.36 Å². The first-order valence-corrected chi connectivity index (χ1v) is 14.3. The fourth-order valence-electron chi connectivity index (χ4n) is 4.42. The number of imidazole rings is 1. The van der Waals surface area contributed by atoms with Crippen LogP contribution < -0.4 is 16.3 Å². The maximum absolute atomic E-state index is 13.0. The number of nitrogens with zero attached hydrogens (tertiary/aromatic N) is 5. The lowest BCUT2D eigenvalue weighted by atomic mass is 10.1. The molecule has 0 radical (unpaired) electrons. The van der Waals surface area contributed by atoms with Crippen molar-refractivity contribution in [3.8, 4) is 0 Å². The van der Waals surface area contributed by atoms with Crippen molar-refractivity contribution in [1.29, 1.82) is 0 Å². The van der Waals surface area contributed by atoms with E-state index in [1.165, 1.54) is 11.4 Å². The van der Waals surface area contributed by atoms with Crippen molar-refractivity contribution in [2.45, 2.75) is 32.0 Å². The van der Waals surface area contributed by atoms with Crippen LogP contribution >= 0.6 is 7.75 Å². The molecule has 12 nitrogen and oxygen atoms in total. The van der Waals surface area contributed by atoms with Gasteiger partial charge in [0.05, 0.1) is 31.3 Å². The van der Waals surface area contributed by atoms with Gasteiger partial charge in [0.25, 0.3) is 0 Å². The highest BCUT2D eigenvalue weighted by Crippen LogP contribution is 2.42.